The summed E-state index contributed by atoms with van der Waals surface area (Å²) in [5, 5.41) is 0. The van der Waals surface area contributed by atoms with Crippen LogP contribution in [0.15, 0.2) is 24.3 Å². The Morgan fingerprint density at radius 2 is 1.91 bits per heavy atom. The van der Waals surface area contributed by atoms with Gasteiger partial charge < -0.3 is 10.6 Å². The highest BCUT2D eigenvalue weighted by Gasteiger charge is 2.31. The lowest BCUT2D eigenvalue weighted by Crippen LogP contribution is -2.50. The lowest BCUT2D eigenvalue weighted by atomic mass is 10.1. The van der Waals surface area contributed by atoms with Gasteiger partial charge in [-0.05, 0) is 25.1 Å². The minimum absolute atomic E-state index is 0.0566. The van der Waals surface area contributed by atoms with E-state index in [2.05, 4.69) is 4.90 Å². The minimum Gasteiger partial charge on any atom is -0.370 e. The van der Waals surface area contributed by atoms with E-state index in [4.69, 9.17) is 5.73 Å². The molecule has 1 unspecified atom stereocenters. The highest BCUT2D eigenvalue weighted by atomic mass is 19.4. The van der Waals surface area contributed by atoms with Gasteiger partial charge in [-0.3, -0.25) is 9.69 Å². The monoisotopic (exact) mass is 315 g/mol. The van der Waals surface area contributed by atoms with Crippen molar-refractivity contribution in [2.24, 2.45) is 5.73 Å². The smallest absolute Gasteiger partial charge is 0.370 e. The van der Waals surface area contributed by atoms with Gasteiger partial charge in [-0.25, -0.2) is 0 Å². The van der Waals surface area contributed by atoms with Gasteiger partial charge in [-0.2, -0.15) is 13.2 Å². The van der Waals surface area contributed by atoms with Crippen molar-refractivity contribution in [3.8, 4) is 0 Å². The topological polar surface area (TPSA) is 49.6 Å². The van der Waals surface area contributed by atoms with Crippen LogP contribution < -0.4 is 10.6 Å². The average molecular weight is 315 g/mol. The molecule has 1 amide bonds. The van der Waals surface area contributed by atoms with Crippen molar-refractivity contribution >= 4 is 11.6 Å². The van der Waals surface area contributed by atoms with Crippen LogP contribution in [0.4, 0.5) is 18.9 Å². The number of carbonyl (C=O) groups is 1. The summed E-state index contributed by atoms with van der Waals surface area (Å²) in [7, 11) is 0. The number of halogens is 3. The zero-order valence-electron chi connectivity index (χ0n) is 12.4. The van der Waals surface area contributed by atoms with Crippen LogP contribution in [0.1, 0.15) is 18.9 Å². The molecule has 0 aromatic heterocycles. The molecule has 1 aromatic carbocycles. The van der Waals surface area contributed by atoms with Gasteiger partial charge in [-0.1, -0.05) is 6.07 Å². The third-order valence-electron chi connectivity index (χ3n) is 3.97. The molecule has 0 spiro atoms. The number of amides is 1. The van der Waals surface area contributed by atoms with Gasteiger partial charge >= 0.3 is 6.18 Å². The number of primary amides is 1. The van der Waals surface area contributed by atoms with Crippen molar-refractivity contribution in [3.63, 3.8) is 0 Å². The van der Waals surface area contributed by atoms with Crippen LogP contribution in [-0.4, -0.2) is 43.0 Å². The second kappa shape index (κ2) is 6.56. The Hall–Kier alpha value is -1.76. The van der Waals surface area contributed by atoms with Crippen LogP contribution in [0, 0.1) is 0 Å². The molecule has 0 radical (unpaired) electrons. The number of piperazine rings is 1. The Morgan fingerprint density at radius 1 is 1.27 bits per heavy atom. The van der Waals surface area contributed by atoms with Gasteiger partial charge in [0, 0.05) is 44.3 Å². The Kier molecular flexibility index (Phi) is 4.95. The van der Waals surface area contributed by atoms with Gasteiger partial charge in [0.2, 0.25) is 5.91 Å². The van der Waals surface area contributed by atoms with Gasteiger partial charge in [0.1, 0.15) is 0 Å². The summed E-state index contributed by atoms with van der Waals surface area (Å²) in [4.78, 5) is 15.0. The van der Waals surface area contributed by atoms with E-state index < -0.39 is 11.7 Å². The number of benzene rings is 1. The van der Waals surface area contributed by atoms with Crippen LogP contribution in [-0.2, 0) is 11.0 Å². The van der Waals surface area contributed by atoms with E-state index in [0.29, 0.717) is 38.3 Å². The Morgan fingerprint density at radius 3 is 2.45 bits per heavy atom. The van der Waals surface area contributed by atoms with Gasteiger partial charge in [0.05, 0.1) is 5.56 Å². The molecule has 0 aliphatic carbocycles. The van der Waals surface area contributed by atoms with Crippen LogP contribution in [0.2, 0.25) is 0 Å². The minimum atomic E-state index is -4.33. The van der Waals surface area contributed by atoms with Crippen LogP contribution in [0.25, 0.3) is 0 Å². The molecular weight excluding hydrogens is 295 g/mol. The molecule has 22 heavy (non-hydrogen) atoms. The molecule has 1 aromatic rings. The number of nitrogens with two attached hydrogens (primary N) is 1. The molecular formula is C15H20F3N3O. The molecule has 1 atom stereocenters. The third kappa shape index (κ3) is 4.13. The molecule has 2 N–H and O–H groups in total. The largest absolute Gasteiger partial charge is 0.416 e. The summed E-state index contributed by atoms with van der Waals surface area (Å²) in [6.45, 7) is 4.59. The second-order valence-corrected chi connectivity index (χ2v) is 5.59. The van der Waals surface area contributed by atoms with Crippen molar-refractivity contribution in [1.82, 2.24) is 4.90 Å². The summed E-state index contributed by atoms with van der Waals surface area (Å²) in [6.07, 6.45) is -4.03. The predicted octanol–water partition coefficient (Wildman–Crippen LogP) is 2.09. The van der Waals surface area contributed by atoms with Gasteiger partial charge in [-0.15, -0.1) is 0 Å². The standard InChI is InChI=1S/C15H20F3N3O/c1-11(9-14(19)22)20-5-7-21(8-6-20)13-4-2-3-12(10-13)15(16,17)18/h2-4,10-11H,5-9H2,1H3,(H2,19,22). The first-order valence-electron chi connectivity index (χ1n) is 7.22. The lowest BCUT2D eigenvalue weighted by molar-refractivity contribution is -0.137. The van der Waals surface area contributed by atoms with Crippen LogP contribution >= 0.6 is 0 Å². The summed E-state index contributed by atoms with van der Waals surface area (Å²) in [6, 6.07) is 5.44. The van der Waals surface area contributed by atoms with E-state index in [1.54, 1.807) is 6.07 Å². The number of carbonyl (C=O) groups excluding carboxylic acids is 1. The van der Waals surface area contributed by atoms with Crippen molar-refractivity contribution < 1.29 is 18.0 Å². The molecule has 1 saturated heterocycles. The first-order valence-corrected chi connectivity index (χ1v) is 7.22. The van der Waals surface area contributed by atoms with Crippen molar-refractivity contribution in [1.29, 1.82) is 0 Å². The van der Waals surface area contributed by atoms with Crippen molar-refractivity contribution in [3.05, 3.63) is 29.8 Å². The molecule has 1 aliphatic heterocycles. The predicted molar refractivity (Wildman–Crippen MR) is 78.5 cm³/mol. The maximum absolute atomic E-state index is 12.8. The van der Waals surface area contributed by atoms with Crippen LogP contribution in [0.5, 0.6) is 0 Å². The average Bonchev–Trinajstić information content (AvgIpc) is 2.46. The maximum Gasteiger partial charge on any atom is 0.416 e. The quantitative estimate of drug-likeness (QED) is 0.925. The van der Waals surface area contributed by atoms with Crippen LogP contribution in [0.3, 0.4) is 0 Å². The molecule has 4 nitrogen and oxygen atoms in total. The Bertz CT molecular complexity index is 525. The molecule has 1 heterocycles. The number of hydrogen-bond donors (Lipinski definition) is 1. The summed E-state index contributed by atoms with van der Waals surface area (Å²) < 4.78 is 38.3. The number of hydrogen-bond acceptors (Lipinski definition) is 3. The maximum atomic E-state index is 12.8. The van der Waals surface area contributed by atoms with E-state index in [0.717, 1.165) is 6.07 Å². The number of rotatable bonds is 4. The fraction of sp³-hybridized carbons (Fsp3) is 0.533. The number of anilines is 1. The number of alkyl halides is 3. The highest BCUT2D eigenvalue weighted by Crippen LogP contribution is 2.31. The normalized spacial score (nSPS) is 18.3. The Balaban J connectivity index is 1.98. The van der Waals surface area contributed by atoms with Crippen molar-refractivity contribution in [2.45, 2.75) is 25.6 Å². The SMILES string of the molecule is CC(CC(N)=O)N1CCN(c2cccc(C(F)(F)F)c2)CC1. The van der Waals surface area contributed by atoms with E-state index in [9.17, 15) is 18.0 Å². The molecule has 0 bridgehead atoms. The van der Waals surface area contributed by atoms with Gasteiger partial charge in [0.25, 0.3) is 0 Å². The first-order chi connectivity index (χ1) is 10.3. The zero-order valence-corrected chi connectivity index (χ0v) is 12.4. The van der Waals surface area contributed by atoms with Gasteiger partial charge in [0.15, 0.2) is 0 Å². The van der Waals surface area contributed by atoms with E-state index >= 15 is 0 Å². The fourth-order valence-electron chi connectivity index (χ4n) is 2.72. The zero-order chi connectivity index (χ0) is 16.3. The molecule has 1 fully saturated rings. The highest BCUT2D eigenvalue weighted by molar-refractivity contribution is 5.74. The fourth-order valence-corrected chi connectivity index (χ4v) is 2.72. The molecule has 7 heteroatoms. The van der Waals surface area contributed by atoms with E-state index in [1.165, 1.54) is 12.1 Å². The second-order valence-electron chi connectivity index (χ2n) is 5.59. The first kappa shape index (κ1) is 16.6. The Labute approximate surface area is 127 Å². The summed E-state index contributed by atoms with van der Waals surface area (Å²) >= 11 is 0. The number of nitrogens with zero attached hydrogens (tertiary/aromatic N) is 2. The summed E-state index contributed by atoms with van der Waals surface area (Å²) in [5.74, 6) is -0.340. The molecule has 2 rings (SSSR count). The summed E-state index contributed by atoms with van der Waals surface area (Å²) in [5.41, 5.74) is 5.14. The van der Waals surface area contributed by atoms with E-state index in [1.807, 2.05) is 11.8 Å². The molecule has 122 valence electrons. The molecule has 0 saturated carbocycles. The molecule has 1 aliphatic rings. The van der Waals surface area contributed by atoms with E-state index in [-0.39, 0.29) is 11.9 Å². The lowest BCUT2D eigenvalue weighted by Gasteiger charge is -2.39. The van der Waals surface area contributed by atoms with Crippen molar-refractivity contribution in [2.75, 3.05) is 31.1 Å². The third-order valence-corrected chi connectivity index (χ3v) is 3.97.